The minimum absolute atomic E-state index is 0.0476. The summed E-state index contributed by atoms with van der Waals surface area (Å²) in [6, 6.07) is 5.16. The van der Waals surface area contributed by atoms with Gasteiger partial charge in [0.05, 0.1) is 10.9 Å². The molecule has 0 saturated carbocycles. The number of aromatic hydroxyl groups is 1. The summed E-state index contributed by atoms with van der Waals surface area (Å²) < 4.78 is 25.8. The Morgan fingerprint density at radius 2 is 2.06 bits per heavy atom. The van der Waals surface area contributed by atoms with Crippen molar-refractivity contribution in [1.82, 2.24) is 0 Å². The smallest absolute Gasteiger partial charge is 0.237 e. The molecule has 0 radical (unpaired) electrons. The van der Waals surface area contributed by atoms with Crippen LogP contribution in [-0.2, 0) is 16.4 Å². The van der Waals surface area contributed by atoms with Crippen LogP contribution in [-0.4, -0.2) is 25.3 Å². The third-order valence-electron chi connectivity index (χ3n) is 3.06. The van der Waals surface area contributed by atoms with Crippen LogP contribution in [0.15, 0.2) is 18.2 Å². The average Bonchev–Trinajstić information content (AvgIpc) is 2.28. The van der Waals surface area contributed by atoms with E-state index in [2.05, 4.69) is 0 Å². The van der Waals surface area contributed by atoms with Crippen LogP contribution in [0.1, 0.15) is 25.8 Å². The molecule has 0 saturated heterocycles. The van der Waals surface area contributed by atoms with Gasteiger partial charge in [-0.15, -0.1) is 0 Å². The molecule has 1 heterocycles. The van der Waals surface area contributed by atoms with Crippen LogP contribution in [0.25, 0.3) is 0 Å². The molecule has 1 aliphatic heterocycles. The fourth-order valence-electron chi connectivity index (χ4n) is 2.10. The van der Waals surface area contributed by atoms with Gasteiger partial charge < -0.3 is 5.11 Å². The number of rotatable bonds is 2. The summed E-state index contributed by atoms with van der Waals surface area (Å²) in [7, 11) is -3.36. The Balaban J connectivity index is 2.56. The van der Waals surface area contributed by atoms with Crippen LogP contribution in [0, 0.1) is 0 Å². The molecule has 0 atom stereocenters. The molecule has 94 valence electrons. The minimum Gasteiger partial charge on any atom is -0.506 e. The van der Waals surface area contributed by atoms with Gasteiger partial charge in [0.25, 0.3) is 0 Å². The van der Waals surface area contributed by atoms with Gasteiger partial charge in [-0.05, 0) is 38.3 Å². The van der Waals surface area contributed by atoms with E-state index in [9.17, 15) is 13.5 Å². The molecule has 4 nitrogen and oxygen atoms in total. The third-order valence-corrected chi connectivity index (χ3v) is 5.23. The van der Waals surface area contributed by atoms with E-state index in [4.69, 9.17) is 0 Å². The van der Waals surface area contributed by atoms with E-state index < -0.39 is 15.3 Å². The molecule has 1 N–H and O–H groups in total. The Labute approximate surface area is 102 Å². The number of aryl methyl sites for hydroxylation is 1. The summed E-state index contributed by atoms with van der Waals surface area (Å²) in [6.45, 7) is 3.76. The summed E-state index contributed by atoms with van der Waals surface area (Å²) >= 11 is 0. The molecular weight excluding hydrogens is 238 g/mol. The molecule has 0 spiro atoms. The molecule has 17 heavy (non-hydrogen) atoms. The summed E-state index contributed by atoms with van der Waals surface area (Å²) in [5, 5.41) is 9.39. The van der Waals surface area contributed by atoms with Crippen LogP contribution in [0.3, 0.4) is 0 Å². The second-order valence-electron chi connectivity index (χ2n) is 4.55. The number of sulfonamides is 1. The maximum absolute atomic E-state index is 12.2. The Morgan fingerprint density at radius 3 is 2.71 bits per heavy atom. The Morgan fingerprint density at radius 1 is 1.35 bits per heavy atom. The molecule has 0 unspecified atom stereocenters. The van der Waals surface area contributed by atoms with E-state index in [0.717, 1.165) is 18.4 Å². The van der Waals surface area contributed by atoms with Crippen LogP contribution >= 0.6 is 0 Å². The fraction of sp³-hybridized carbons (Fsp3) is 0.500. The molecule has 5 heteroatoms. The van der Waals surface area contributed by atoms with Crippen LogP contribution in [0.5, 0.6) is 5.75 Å². The Bertz CT molecular complexity index is 523. The van der Waals surface area contributed by atoms with Crippen molar-refractivity contribution in [2.45, 2.75) is 31.9 Å². The normalized spacial score (nSPS) is 16.1. The minimum atomic E-state index is -3.36. The Kier molecular flexibility index (Phi) is 3.03. The summed E-state index contributed by atoms with van der Waals surface area (Å²) in [5.74, 6) is 0.0476. The quantitative estimate of drug-likeness (QED) is 0.878. The van der Waals surface area contributed by atoms with Gasteiger partial charge in [0.1, 0.15) is 5.75 Å². The lowest BCUT2D eigenvalue weighted by Crippen LogP contribution is -2.39. The van der Waals surface area contributed by atoms with Gasteiger partial charge in [-0.3, -0.25) is 4.31 Å². The van der Waals surface area contributed by atoms with Crippen molar-refractivity contribution in [2.75, 3.05) is 10.8 Å². The molecule has 1 aromatic rings. The van der Waals surface area contributed by atoms with Crippen molar-refractivity contribution in [3.63, 3.8) is 0 Å². The first-order valence-electron chi connectivity index (χ1n) is 5.77. The lowest BCUT2D eigenvalue weighted by molar-refractivity contribution is 0.472. The first kappa shape index (κ1) is 12.2. The molecule has 0 fully saturated rings. The maximum Gasteiger partial charge on any atom is 0.237 e. The zero-order chi connectivity index (χ0) is 12.6. The summed E-state index contributed by atoms with van der Waals surface area (Å²) in [4.78, 5) is 0. The highest BCUT2D eigenvalue weighted by Crippen LogP contribution is 2.37. The van der Waals surface area contributed by atoms with E-state index in [0.29, 0.717) is 12.2 Å². The number of hydrogen-bond donors (Lipinski definition) is 1. The highest BCUT2D eigenvalue weighted by Gasteiger charge is 2.31. The highest BCUT2D eigenvalue weighted by atomic mass is 32.2. The molecule has 0 aromatic heterocycles. The van der Waals surface area contributed by atoms with Crippen LogP contribution in [0.2, 0.25) is 0 Å². The van der Waals surface area contributed by atoms with Gasteiger partial charge in [0.15, 0.2) is 0 Å². The average molecular weight is 255 g/mol. The van der Waals surface area contributed by atoms with Crippen molar-refractivity contribution < 1.29 is 13.5 Å². The number of phenols is 1. The van der Waals surface area contributed by atoms with Crippen molar-refractivity contribution in [1.29, 1.82) is 0 Å². The van der Waals surface area contributed by atoms with Gasteiger partial charge in [-0.25, -0.2) is 8.42 Å². The van der Waals surface area contributed by atoms with Gasteiger partial charge in [-0.1, -0.05) is 12.1 Å². The number of phenolic OH excluding ortho intramolecular Hbond substituents is 1. The number of para-hydroxylation sites is 1. The van der Waals surface area contributed by atoms with Crippen LogP contribution in [0.4, 0.5) is 5.69 Å². The second-order valence-corrected chi connectivity index (χ2v) is 6.97. The predicted molar refractivity (Wildman–Crippen MR) is 67.8 cm³/mol. The van der Waals surface area contributed by atoms with E-state index in [1.807, 2.05) is 6.07 Å². The predicted octanol–water partition coefficient (Wildman–Crippen LogP) is 1.88. The first-order valence-corrected chi connectivity index (χ1v) is 7.27. The van der Waals surface area contributed by atoms with Gasteiger partial charge in [0.2, 0.25) is 10.0 Å². The highest BCUT2D eigenvalue weighted by molar-refractivity contribution is 7.93. The Hall–Kier alpha value is -1.23. The molecule has 1 aromatic carbocycles. The monoisotopic (exact) mass is 255 g/mol. The lowest BCUT2D eigenvalue weighted by atomic mass is 10.0. The van der Waals surface area contributed by atoms with E-state index >= 15 is 0 Å². The molecule has 0 amide bonds. The number of nitrogens with zero attached hydrogens (tertiary/aromatic N) is 1. The fourth-order valence-corrected chi connectivity index (χ4v) is 3.46. The maximum atomic E-state index is 12.2. The number of fused-ring (bicyclic) bond motifs is 1. The van der Waals surface area contributed by atoms with Gasteiger partial charge in [-0.2, -0.15) is 0 Å². The van der Waals surface area contributed by atoms with Crippen molar-refractivity contribution in [2.24, 2.45) is 0 Å². The van der Waals surface area contributed by atoms with E-state index in [1.54, 1.807) is 19.9 Å². The lowest BCUT2D eigenvalue weighted by Gasteiger charge is -2.32. The molecule has 1 aliphatic rings. The molecule has 0 bridgehead atoms. The summed E-state index contributed by atoms with van der Waals surface area (Å²) in [6.07, 6.45) is 1.61. The first-order chi connectivity index (χ1) is 7.94. The molecule has 2 rings (SSSR count). The SMILES string of the molecule is CC(C)S(=O)(=O)N1CCCc2cccc(O)c21. The zero-order valence-electron chi connectivity index (χ0n) is 10.0. The molecular formula is C12H17NO3S. The topological polar surface area (TPSA) is 57.6 Å². The summed E-state index contributed by atoms with van der Waals surface area (Å²) in [5.41, 5.74) is 1.37. The van der Waals surface area contributed by atoms with E-state index in [-0.39, 0.29) is 5.75 Å². The number of anilines is 1. The second kappa shape index (κ2) is 4.22. The largest absolute Gasteiger partial charge is 0.506 e. The molecule has 0 aliphatic carbocycles. The van der Waals surface area contributed by atoms with Crippen LogP contribution < -0.4 is 4.31 Å². The van der Waals surface area contributed by atoms with Gasteiger partial charge >= 0.3 is 0 Å². The van der Waals surface area contributed by atoms with Crippen molar-refractivity contribution in [3.05, 3.63) is 23.8 Å². The van der Waals surface area contributed by atoms with Gasteiger partial charge in [0, 0.05) is 6.54 Å². The van der Waals surface area contributed by atoms with E-state index in [1.165, 1.54) is 10.4 Å². The standard InChI is InChI=1S/C12H17NO3S/c1-9(2)17(15,16)13-8-4-6-10-5-3-7-11(14)12(10)13/h3,5,7,9,14H,4,6,8H2,1-2H3. The van der Waals surface area contributed by atoms with Crippen molar-refractivity contribution >= 4 is 15.7 Å². The third kappa shape index (κ3) is 1.99. The number of hydrogen-bond acceptors (Lipinski definition) is 3. The number of benzene rings is 1. The van der Waals surface area contributed by atoms with Crippen molar-refractivity contribution in [3.8, 4) is 5.75 Å². The zero-order valence-corrected chi connectivity index (χ0v) is 10.9.